The smallest absolute Gasteiger partial charge is 0.331 e. The summed E-state index contributed by atoms with van der Waals surface area (Å²) in [6.45, 7) is 3.90. The van der Waals surface area contributed by atoms with Gasteiger partial charge in [0, 0.05) is 17.7 Å². The van der Waals surface area contributed by atoms with Crippen molar-refractivity contribution in [1.82, 2.24) is 5.32 Å². The van der Waals surface area contributed by atoms with Gasteiger partial charge < -0.3 is 14.2 Å². The molecule has 1 heterocycles. The summed E-state index contributed by atoms with van der Waals surface area (Å²) in [5, 5.41) is 10.9. The van der Waals surface area contributed by atoms with E-state index >= 15 is 0 Å². The number of benzene rings is 1. The molecule has 10 heteroatoms. The van der Waals surface area contributed by atoms with Gasteiger partial charge in [0.15, 0.2) is 16.7 Å². The minimum atomic E-state index is -0.630. The van der Waals surface area contributed by atoms with E-state index in [0.717, 1.165) is 17.8 Å². The van der Waals surface area contributed by atoms with Crippen LogP contribution in [0.25, 0.3) is 0 Å². The van der Waals surface area contributed by atoms with E-state index in [4.69, 9.17) is 21.1 Å². The zero-order valence-corrected chi connectivity index (χ0v) is 16.1. The number of carbonyl (C=O) groups excluding carboxylic acids is 2. The van der Waals surface area contributed by atoms with Gasteiger partial charge in [0.25, 0.3) is 5.91 Å². The molecule has 27 heavy (non-hydrogen) atoms. The Morgan fingerprint density at radius 1 is 1.37 bits per heavy atom. The normalized spacial score (nSPS) is 16.6. The Bertz CT molecular complexity index is 851. The van der Waals surface area contributed by atoms with Crippen LogP contribution in [-0.2, 0) is 14.3 Å². The van der Waals surface area contributed by atoms with Crippen molar-refractivity contribution in [2.24, 2.45) is 10.2 Å². The summed E-state index contributed by atoms with van der Waals surface area (Å²) < 4.78 is 15.2. The van der Waals surface area contributed by atoms with Crippen LogP contribution in [0.3, 0.4) is 0 Å². The highest BCUT2D eigenvalue weighted by Gasteiger charge is 2.25. The van der Waals surface area contributed by atoms with Gasteiger partial charge in [-0.15, -0.1) is 5.10 Å². The molecule has 1 N–H and O–H groups in total. The third-order valence-electron chi connectivity index (χ3n) is 3.09. The Morgan fingerprint density at radius 2 is 2.15 bits per heavy atom. The largest absolute Gasteiger partial charge is 0.493 e. The van der Waals surface area contributed by atoms with E-state index in [-0.39, 0.29) is 10.1 Å². The molecule has 2 rings (SSSR count). The molecule has 1 saturated heterocycles. The van der Waals surface area contributed by atoms with E-state index in [1.54, 1.807) is 18.2 Å². The molecular formula is C17H16ClN3O5S. The first-order valence-corrected chi connectivity index (χ1v) is 8.69. The van der Waals surface area contributed by atoms with Gasteiger partial charge in [-0.25, -0.2) is 4.79 Å². The lowest BCUT2D eigenvalue weighted by Crippen LogP contribution is -2.19. The number of nitrogens with zero attached hydrogens (tertiary/aromatic N) is 2. The number of amides is 1. The molecule has 0 spiro atoms. The van der Waals surface area contributed by atoms with E-state index in [9.17, 15) is 9.59 Å². The van der Waals surface area contributed by atoms with Crippen molar-refractivity contribution in [2.45, 2.75) is 0 Å². The van der Waals surface area contributed by atoms with Gasteiger partial charge in [0.05, 0.1) is 30.4 Å². The zero-order chi connectivity index (χ0) is 19.8. The molecule has 1 aliphatic rings. The van der Waals surface area contributed by atoms with Gasteiger partial charge in [0.2, 0.25) is 0 Å². The average Bonchev–Trinajstić information content (AvgIpc) is 3.00. The Balaban J connectivity index is 2.15. The Morgan fingerprint density at radius 3 is 2.81 bits per heavy atom. The molecule has 8 nitrogen and oxygen atoms in total. The Labute approximate surface area is 164 Å². The van der Waals surface area contributed by atoms with Gasteiger partial charge in [-0.1, -0.05) is 24.3 Å². The second kappa shape index (κ2) is 9.79. The van der Waals surface area contributed by atoms with Crippen LogP contribution in [-0.4, -0.2) is 44.1 Å². The lowest BCUT2D eigenvalue weighted by molar-refractivity contribution is -0.135. The maximum atomic E-state index is 11.7. The number of hydrogen-bond acceptors (Lipinski definition) is 8. The minimum absolute atomic E-state index is 0.166. The van der Waals surface area contributed by atoms with Crippen LogP contribution >= 0.6 is 23.4 Å². The molecule has 0 atom stereocenters. The van der Waals surface area contributed by atoms with Gasteiger partial charge in [-0.2, -0.15) is 5.10 Å². The number of methoxy groups -OCH3 is 2. The van der Waals surface area contributed by atoms with E-state index in [0.29, 0.717) is 28.7 Å². The molecule has 0 radical (unpaired) electrons. The van der Waals surface area contributed by atoms with Crippen molar-refractivity contribution < 1.29 is 23.8 Å². The number of thioether (sulfide) groups is 1. The van der Waals surface area contributed by atoms with Gasteiger partial charge in [-0.05, 0) is 17.8 Å². The number of hydrogen-bond donors (Lipinski definition) is 1. The van der Waals surface area contributed by atoms with Crippen molar-refractivity contribution in [3.05, 3.63) is 46.4 Å². The standard InChI is InChI=1S/C17H16ClN3O5S/c1-4-5-26-13-7-11(18)10(6-12(13)24-2)9-19-21-17-20-16(23)14(27-17)8-15(22)25-3/h4,6-9H,1,5H2,2-3H3,(H,20,21,23)/b14-8+,19-9?. The van der Waals surface area contributed by atoms with Crippen molar-refractivity contribution >= 4 is 46.6 Å². The second-order valence-electron chi connectivity index (χ2n) is 4.86. The maximum absolute atomic E-state index is 11.7. The highest BCUT2D eigenvalue weighted by atomic mass is 35.5. The molecule has 1 aliphatic heterocycles. The summed E-state index contributed by atoms with van der Waals surface area (Å²) >= 11 is 7.19. The molecule has 1 aromatic rings. The van der Waals surface area contributed by atoms with E-state index in [2.05, 4.69) is 26.8 Å². The topological polar surface area (TPSA) is 98.6 Å². The fraction of sp³-hybridized carbons (Fsp3) is 0.176. The number of nitrogens with one attached hydrogen (secondary N) is 1. The predicted molar refractivity (Wildman–Crippen MR) is 105 cm³/mol. The highest BCUT2D eigenvalue weighted by molar-refractivity contribution is 8.18. The van der Waals surface area contributed by atoms with Gasteiger partial charge >= 0.3 is 5.97 Å². The van der Waals surface area contributed by atoms with Crippen LogP contribution in [0.2, 0.25) is 5.02 Å². The molecule has 0 bridgehead atoms. The molecule has 1 fully saturated rings. The highest BCUT2D eigenvalue weighted by Crippen LogP contribution is 2.32. The van der Waals surface area contributed by atoms with Crippen molar-refractivity contribution in [3.63, 3.8) is 0 Å². The number of rotatable bonds is 7. The lowest BCUT2D eigenvalue weighted by atomic mass is 10.2. The summed E-state index contributed by atoms with van der Waals surface area (Å²) in [4.78, 5) is 23.1. The molecule has 0 saturated carbocycles. The first-order valence-electron chi connectivity index (χ1n) is 7.49. The Kier molecular flexibility index (Phi) is 7.44. The van der Waals surface area contributed by atoms with Crippen LogP contribution in [0.5, 0.6) is 11.5 Å². The van der Waals surface area contributed by atoms with Crippen molar-refractivity contribution in [3.8, 4) is 11.5 Å². The van der Waals surface area contributed by atoms with Gasteiger partial charge in [0.1, 0.15) is 6.61 Å². The third-order valence-corrected chi connectivity index (χ3v) is 4.31. The monoisotopic (exact) mass is 409 g/mol. The molecule has 1 aromatic carbocycles. The molecule has 0 aromatic heterocycles. The Hall–Kier alpha value is -2.78. The predicted octanol–water partition coefficient (Wildman–Crippen LogP) is 2.52. The van der Waals surface area contributed by atoms with Crippen LogP contribution in [0.4, 0.5) is 0 Å². The summed E-state index contributed by atoms with van der Waals surface area (Å²) in [6.07, 6.45) is 4.09. The number of amidine groups is 1. The quantitative estimate of drug-likeness (QED) is 0.244. The van der Waals surface area contributed by atoms with E-state index < -0.39 is 11.9 Å². The first kappa shape index (κ1) is 20.5. The lowest BCUT2D eigenvalue weighted by Gasteiger charge is -2.11. The number of carbonyl (C=O) groups is 2. The fourth-order valence-electron chi connectivity index (χ4n) is 1.86. The zero-order valence-electron chi connectivity index (χ0n) is 14.5. The number of halogens is 1. The van der Waals surface area contributed by atoms with E-state index in [1.807, 2.05) is 0 Å². The summed E-state index contributed by atoms with van der Waals surface area (Å²) in [7, 11) is 2.73. The maximum Gasteiger partial charge on any atom is 0.331 e. The summed E-state index contributed by atoms with van der Waals surface area (Å²) in [5.74, 6) is -0.137. The summed E-state index contributed by atoms with van der Waals surface area (Å²) in [6, 6.07) is 3.25. The average molecular weight is 410 g/mol. The van der Waals surface area contributed by atoms with Crippen molar-refractivity contribution in [2.75, 3.05) is 20.8 Å². The molecule has 0 unspecified atom stereocenters. The molecular weight excluding hydrogens is 394 g/mol. The van der Waals surface area contributed by atoms with Crippen molar-refractivity contribution in [1.29, 1.82) is 0 Å². The molecule has 0 aliphatic carbocycles. The second-order valence-corrected chi connectivity index (χ2v) is 6.30. The van der Waals surface area contributed by atoms with Crippen LogP contribution < -0.4 is 14.8 Å². The minimum Gasteiger partial charge on any atom is -0.493 e. The summed E-state index contributed by atoms with van der Waals surface area (Å²) in [5.41, 5.74) is 0.545. The SMILES string of the molecule is C=CCOc1cc(Cl)c(C=N/N=C2/NC(=O)/C(=C\C(=O)OC)S2)cc1OC. The molecule has 142 valence electrons. The van der Waals surface area contributed by atoms with Gasteiger partial charge in [-0.3, -0.25) is 10.1 Å². The molecule has 1 amide bonds. The number of esters is 1. The van der Waals surface area contributed by atoms with Crippen LogP contribution in [0.15, 0.2) is 46.0 Å². The number of ether oxygens (including phenoxy) is 3. The first-order chi connectivity index (χ1) is 13.0. The van der Waals surface area contributed by atoms with Crippen LogP contribution in [0.1, 0.15) is 5.56 Å². The fourth-order valence-corrected chi connectivity index (χ4v) is 2.80. The van der Waals surface area contributed by atoms with Crippen LogP contribution in [0, 0.1) is 0 Å². The third kappa shape index (κ3) is 5.60. The van der Waals surface area contributed by atoms with E-state index in [1.165, 1.54) is 20.4 Å².